The molecule has 1 fully saturated rings. The van der Waals surface area contributed by atoms with Crippen molar-refractivity contribution >= 4 is 5.97 Å². The van der Waals surface area contributed by atoms with E-state index in [1.54, 1.807) is 6.92 Å². The summed E-state index contributed by atoms with van der Waals surface area (Å²) in [5, 5.41) is 8.65. The van der Waals surface area contributed by atoms with Gasteiger partial charge < -0.3 is 14.6 Å². The Hall–Kier alpha value is -0.610. The third kappa shape index (κ3) is 3.74. The maximum Gasteiger partial charge on any atom is 0.305 e. The van der Waals surface area contributed by atoms with Crippen LogP contribution in [0.15, 0.2) is 0 Å². The number of esters is 1. The minimum Gasteiger partial charge on any atom is -0.466 e. The molecule has 1 saturated heterocycles. The van der Waals surface area contributed by atoms with E-state index in [0.717, 1.165) is 12.8 Å². The molecule has 13 heavy (non-hydrogen) atoms. The number of rotatable bonds is 6. The summed E-state index contributed by atoms with van der Waals surface area (Å²) in [6.07, 6.45) is 2.25. The number of carbonyl (C=O) groups is 1. The molecule has 0 bridgehead atoms. The third-order valence-corrected chi connectivity index (χ3v) is 2.04. The Morgan fingerprint density at radius 1 is 1.54 bits per heavy atom. The zero-order valence-electron chi connectivity index (χ0n) is 7.86. The molecule has 4 heteroatoms. The molecule has 1 aliphatic heterocycles. The summed E-state index contributed by atoms with van der Waals surface area (Å²) < 4.78 is 9.87. The lowest BCUT2D eigenvalue weighted by atomic mass is 10.1. The van der Waals surface area contributed by atoms with Gasteiger partial charge in [0.2, 0.25) is 0 Å². The lowest BCUT2D eigenvalue weighted by molar-refractivity contribution is -0.143. The maximum atomic E-state index is 10.9. The molecule has 1 N–H and O–H groups in total. The van der Waals surface area contributed by atoms with Crippen LogP contribution in [0, 0.1) is 0 Å². The Kier molecular flexibility index (Phi) is 4.18. The Morgan fingerprint density at radius 3 is 2.85 bits per heavy atom. The smallest absolute Gasteiger partial charge is 0.305 e. The van der Waals surface area contributed by atoms with Gasteiger partial charge in [0, 0.05) is 6.42 Å². The molecule has 0 aromatic carbocycles. The molecule has 0 spiro atoms. The van der Waals surface area contributed by atoms with E-state index in [1.165, 1.54) is 0 Å². The van der Waals surface area contributed by atoms with Gasteiger partial charge in [-0.1, -0.05) is 0 Å². The molecule has 0 aliphatic carbocycles. The minimum absolute atomic E-state index is 0.0159. The molecule has 0 aromatic rings. The van der Waals surface area contributed by atoms with E-state index in [2.05, 4.69) is 0 Å². The van der Waals surface area contributed by atoms with Crippen LogP contribution in [0.4, 0.5) is 0 Å². The summed E-state index contributed by atoms with van der Waals surface area (Å²) in [4.78, 5) is 10.9. The first kappa shape index (κ1) is 10.5. The van der Waals surface area contributed by atoms with Crippen molar-refractivity contribution in [2.45, 2.75) is 38.4 Å². The average molecular weight is 188 g/mol. The van der Waals surface area contributed by atoms with Crippen LogP contribution in [-0.2, 0) is 14.3 Å². The second-order valence-corrected chi connectivity index (χ2v) is 3.09. The first-order valence-corrected chi connectivity index (χ1v) is 4.70. The first-order valence-electron chi connectivity index (χ1n) is 4.70. The summed E-state index contributed by atoms with van der Waals surface area (Å²) in [7, 11) is 0. The van der Waals surface area contributed by atoms with Crippen molar-refractivity contribution in [3.8, 4) is 0 Å². The molecular weight excluding hydrogens is 172 g/mol. The number of hydrogen-bond acceptors (Lipinski definition) is 4. The second-order valence-electron chi connectivity index (χ2n) is 3.09. The Balaban J connectivity index is 1.93. The zero-order chi connectivity index (χ0) is 9.68. The predicted molar refractivity (Wildman–Crippen MR) is 46.2 cm³/mol. The zero-order valence-corrected chi connectivity index (χ0v) is 7.86. The van der Waals surface area contributed by atoms with Crippen LogP contribution < -0.4 is 0 Å². The van der Waals surface area contributed by atoms with Crippen molar-refractivity contribution in [1.82, 2.24) is 0 Å². The van der Waals surface area contributed by atoms with Gasteiger partial charge in [-0.25, -0.2) is 0 Å². The fourth-order valence-electron chi connectivity index (χ4n) is 1.27. The third-order valence-electron chi connectivity index (χ3n) is 2.04. The van der Waals surface area contributed by atoms with Gasteiger partial charge in [-0.15, -0.1) is 0 Å². The van der Waals surface area contributed by atoms with E-state index in [4.69, 9.17) is 14.6 Å². The highest BCUT2D eigenvalue weighted by atomic mass is 16.6. The number of aliphatic hydroxyl groups is 1. The molecule has 76 valence electrons. The molecule has 1 rings (SSSR count). The Morgan fingerprint density at radius 2 is 2.31 bits per heavy atom. The molecule has 1 aliphatic rings. The van der Waals surface area contributed by atoms with Crippen LogP contribution in [0.1, 0.15) is 26.2 Å². The van der Waals surface area contributed by atoms with Gasteiger partial charge in [-0.3, -0.25) is 4.79 Å². The van der Waals surface area contributed by atoms with E-state index in [-0.39, 0.29) is 24.8 Å². The number of aliphatic hydroxyl groups excluding tert-OH is 1. The monoisotopic (exact) mass is 188 g/mol. The van der Waals surface area contributed by atoms with Gasteiger partial charge in [0.1, 0.15) is 6.10 Å². The van der Waals surface area contributed by atoms with Gasteiger partial charge in [-0.2, -0.15) is 0 Å². The number of epoxide rings is 1. The summed E-state index contributed by atoms with van der Waals surface area (Å²) in [6.45, 7) is 2.33. The van der Waals surface area contributed by atoms with Crippen LogP contribution in [0.3, 0.4) is 0 Å². The molecule has 0 unspecified atom stereocenters. The van der Waals surface area contributed by atoms with Gasteiger partial charge in [0.05, 0.1) is 19.3 Å². The van der Waals surface area contributed by atoms with Crippen LogP contribution in [0.2, 0.25) is 0 Å². The highest BCUT2D eigenvalue weighted by molar-refractivity contribution is 5.69. The highest BCUT2D eigenvalue weighted by Gasteiger charge is 2.37. The SMILES string of the molecule is CCOC(=O)CCC[C@@H]1O[C@H]1CO. The fraction of sp³-hybridized carbons (Fsp3) is 0.889. The molecule has 4 nitrogen and oxygen atoms in total. The van der Waals surface area contributed by atoms with Crippen molar-refractivity contribution in [3.05, 3.63) is 0 Å². The largest absolute Gasteiger partial charge is 0.466 e. The van der Waals surface area contributed by atoms with E-state index in [0.29, 0.717) is 13.0 Å². The van der Waals surface area contributed by atoms with E-state index < -0.39 is 0 Å². The number of ether oxygens (including phenoxy) is 2. The quantitative estimate of drug-likeness (QED) is 0.486. The minimum atomic E-state index is -0.149. The van der Waals surface area contributed by atoms with Gasteiger partial charge in [0.25, 0.3) is 0 Å². The van der Waals surface area contributed by atoms with Crippen LogP contribution >= 0.6 is 0 Å². The predicted octanol–water partition coefficient (Wildman–Crippen LogP) is 0.480. The standard InChI is InChI=1S/C9H16O4/c1-2-12-9(11)5-3-4-7-8(6-10)13-7/h7-8,10H,2-6H2,1H3/t7-,8-/m0/s1. The molecule has 0 radical (unpaired) electrons. The molecule has 0 saturated carbocycles. The molecular formula is C9H16O4. The lowest BCUT2D eigenvalue weighted by Crippen LogP contribution is -2.05. The first-order chi connectivity index (χ1) is 6.27. The summed E-state index contributed by atoms with van der Waals surface area (Å²) >= 11 is 0. The highest BCUT2D eigenvalue weighted by Crippen LogP contribution is 2.26. The van der Waals surface area contributed by atoms with Crippen molar-refractivity contribution < 1.29 is 19.4 Å². The van der Waals surface area contributed by atoms with Gasteiger partial charge in [0.15, 0.2) is 0 Å². The van der Waals surface area contributed by atoms with E-state index >= 15 is 0 Å². The van der Waals surface area contributed by atoms with Crippen molar-refractivity contribution in [2.24, 2.45) is 0 Å². The maximum absolute atomic E-state index is 10.9. The van der Waals surface area contributed by atoms with Crippen molar-refractivity contribution in [3.63, 3.8) is 0 Å². The average Bonchev–Trinajstić information content (AvgIpc) is 2.84. The summed E-state index contributed by atoms with van der Waals surface area (Å²) in [6, 6.07) is 0. The number of hydrogen-bond donors (Lipinski definition) is 1. The lowest BCUT2D eigenvalue weighted by Gasteiger charge is -1.99. The van der Waals surface area contributed by atoms with E-state index in [1.807, 2.05) is 0 Å². The summed E-state index contributed by atoms with van der Waals surface area (Å²) in [5.41, 5.74) is 0. The Labute approximate surface area is 77.8 Å². The normalized spacial score (nSPS) is 25.7. The van der Waals surface area contributed by atoms with Crippen molar-refractivity contribution in [1.29, 1.82) is 0 Å². The Bertz CT molecular complexity index is 169. The summed E-state index contributed by atoms with van der Waals surface area (Å²) in [5.74, 6) is -0.149. The van der Waals surface area contributed by atoms with Gasteiger partial charge >= 0.3 is 5.97 Å². The van der Waals surface area contributed by atoms with Crippen LogP contribution in [-0.4, -0.2) is 36.5 Å². The molecule has 0 aromatic heterocycles. The molecule has 0 amide bonds. The van der Waals surface area contributed by atoms with Crippen molar-refractivity contribution in [2.75, 3.05) is 13.2 Å². The topological polar surface area (TPSA) is 59.1 Å². The second kappa shape index (κ2) is 5.19. The van der Waals surface area contributed by atoms with E-state index in [9.17, 15) is 4.79 Å². The van der Waals surface area contributed by atoms with Crippen LogP contribution in [0.25, 0.3) is 0 Å². The molecule has 2 atom stereocenters. The number of carbonyl (C=O) groups excluding carboxylic acids is 1. The van der Waals surface area contributed by atoms with Gasteiger partial charge in [-0.05, 0) is 19.8 Å². The molecule has 1 heterocycles. The van der Waals surface area contributed by atoms with Crippen LogP contribution in [0.5, 0.6) is 0 Å². The fourth-order valence-corrected chi connectivity index (χ4v) is 1.27.